The van der Waals surface area contributed by atoms with E-state index in [1.165, 1.54) is 0 Å². The zero-order valence-electron chi connectivity index (χ0n) is 14.3. The summed E-state index contributed by atoms with van der Waals surface area (Å²) in [5.74, 6) is -0.684. The number of amides is 2. The third-order valence-corrected chi connectivity index (χ3v) is 3.47. The van der Waals surface area contributed by atoms with Gasteiger partial charge in [0.2, 0.25) is 11.8 Å². The van der Waals surface area contributed by atoms with Crippen LogP contribution in [0.1, 0.15) is 25.1 Å². The Kier molecular flexibility index (Phi) is 6.01. The Morgan fingerprint density at radius 3 is 2.35 bits per heavy atom. The highest BCUT2D eigenvalue weighted by molar-refractivity contribution is 5.92. The molecule has 9 heteroatoms. The van der Waals surface area contributed by atoms with Crippen LogP contribution in [0.25, 0.3) is 0 Å². The molecule has 1 aromatic carbocycles. The van der Waals surface area contributed by atoms with Crippen molar-refractivity contribution in [2.45, 2.75) is 33.1 Å². The van der Waals surface area contributed by atoms with E-state index < -0.39 is 17.8 Å². The molecule has 0 fully saturated rings. The van der Waals surface area contributed by atoms with Gasteiger partial charge in [-0.25, -0.2) is 0 Å². The van der Waals surface area contributed by atoms with Crippen molar-refractivity contribution < 1.29 is 22.8 Å². The van der Waals surface area contributed by atoms with Crippen molar-refractivity contribution in [3.8, 4) is 0 Å². The first-order valence-electron chi connectivity index (χ1n) is 7.92. The number of rotatable bonds is 6. The first kappa shape index (κ1) is 19.5. The van der Waals surface area contributed by atoms with Crippen LogP contribution in [0.3, 0.4) is 0 Å². The molecule has 0 aliphatic heterocycles. The molecule has 0 saturated heterocycles. The fraction of sp³-hybridized carbons (Fsp3) is 0.353. The summed E-state index contributed by atoms with van der Waals surface area (Å²) in [6.45, 7) is 3.48. The average molecular weight is 368 g/mol. The number of nitrogens with one attached hydrogen (secondary N) is 2. The van der Waals surface area contributed by atoms with E-state index in [0.29, 0.717) is 5.69 Å². The Morgan fingerprint density at radius 2 is 1.81 bits per heavy atom. The van der Waals surface area contributed by atoms with Gasteiger partial charge in [-0.3, -0.25) is 14.3 Å². The van der Waals surface area contributed by atoms with Crippen molar-refractivity contribution in [2.24, 2.45) is 5.92 Å². The van der Waals surface area contributed by atoms with Crippen molar-refractivity contribution in [3.63, 3.8) is 0 Å². The Labute approximate surface area is 148 Å². The summed E-state index contributed by atoms with van der Waals surface area (Å²) < 4.78 is 38.3. The van der Waals surface area contributed by atoms with Crippen LogP contribution in [0.15, 0.2) is 36.5 Å². The van der Waals surface area contributed by atoms with Crippen molar-refractivity contribution in [1.82, 2.24) is 15.1 Å². The van der Waals surface area contributed by atoms with Crippen LogP contribution >= 0.6 is 0 Å². The molecule has 1 heterocycles. The predicted molar refractivity (Wildman–Crippen MR) is 89.0 cm³/mol. The second-order valence-corrected chi connectivity index (χ2v) is 6.01. The number of carbonyl (C=O) groups excluding carboxylic acids is 2. The van der Waals surface area contributed by atoms with Gasteiger partial charge in [-0.1, -0.05) is 26.0 Å². The zero-order valence-corrected chi connectivity index (χ0v) is 14.3. The van der Waals surface area contributed by atoms with Crippen LogP contribution in [-0.4, -0.2) is 21.6 Å². The summed E-state index contributed by atoms with van der Waals surface area (Å²) in [4.78, 5) is 23.4. The molecule has 1 aromatic heterocycles. The number of aromatic nitrogens is 2. The number of anilines is 1. The quantitative estimate of drug-likeness (QED) is 0.823. The highest BCUT2D eigenvalue weighted by atomic mass is 19.4. The number of nitrogens with zero attached hydrogens (tertiary/aromatic N) is 2. The lowest BCUT2D eigenvalue weighted by molar-refractivity contribution is -0.141. The number of hydrogen-bond donors (Lipinski definition) is 2. The second-order valence-electron chi connectivity index (χ2n) is 6.01. The van der Waals surface area contributed by atoms with Gasteiger partial charge in [0, 0.05) is 24.3 Å². The molecule has 26 heavy (non-hydrogen) atoms. The molecule has 0 bridgehead atoms. The molecule has 0 aliphatic carbocycles. The molecule has 2 aromatic rings. The zero-order chi connectivity index (χ0) is 19.3. The lowest BCUT2D eigenvalue weighted by atomic mass is 10.1. The van der Waals surface area contributed by atoms with Crippen LogP contribution < -0.4 is 10.6 Å². The molecule has 0 spiro atoms. The molecule has 0 atom stereocenters. The van der Waals surface area contributed by atoms with E-state index in [1.807, 2.05) is 0 Å². The van der Waals surface area contributed by atoms with Crippen molar-refractivity contribution in [2.75, 3.05) is 5.32 Å². The molecule has 6 nitrogen and oxygen atoms in total. The maximum Gasteiger partial charge on any atom is 0.435 e. The lowest BCUT2D eigenvalue weighted by Crippen LogP contribution is -2.27. The van der Waals surface area contributed by atoms with E-state index in [-0.39, 0.29) is 24.9 Å². The maximum absolute atomic E-state index is 12.5. The minimum absolute atomic E-state index is 0.0940. The van der Waals surface area contributed by atoms with E-state index in [2.05, 4.69) is 15.7 Å². The van der Waals surface area contributed by atoms with Crippen molar-refractivity contribution >= 4 is 17.5 Å². The monoisotopic (exact) mass is 368 g/mol. The van der Waals surface area contributed by atoms with Gasteiger partial charge in [-0.15, -0.1) is 0 Å². The van der Waals surface area contributed by atoms with E-state index in [0.717, 1.165) is 22.5 Å². The van der Waals surface area contributed by atoms with Gasteiger partial charge in [-0.05, 0) is 23.8 Å². The Bertz CT molecular complexity index is 767. The fourth-order valence-electron chi connectivity index (χ4n) is 2.00. The largest absolute Gasteiger partial charge is 0.435 e. The second kappa shape index (κ2) is 8.03. The van der Waals surface area contributed by atoms with Gasteiger partial charge in [0.15, 0.2) is 5.69 Å². The van der Waals surface area contributed by atoms with Gasteiger partial charge < -0.3 is 10.6 Å². The SMILES string of the molecule is CC(C)C(=O)Nc1ccc(CNC(=O)Cn2ccc(C(F)(F)F)n2)cc1. The summed E-state index contributed by atoms with van der Waals surface area (Å²) in [5, 5.41) is 8.68. The van der Waals surface area contributed by atoms with Crippen LogP contribution in [0, 0.1) is 5.92 Å². The summed E-state index contributed by atoms with van der Waals surface area (Å²) >= 11 is 0. The minimum atomic E-state index is -4.53. The summed E-state index contributed by atoms with van der Waals surface area (Å²) in [6.07, 6.45) is -3.43. The van der Waals surface area contributed by atoms with E-state index in [1.54, 1.807) is 38.1 Å². The van der Waals surface area contributed by atoms with Crippen LogP contribution in [0.5, 0.6) is 0 Å². The number of alkyl halides is 3. The molecule has 140 valence electrons. The highest BCUT2D eigenvalue weighted by Crippen LogP contribution is 2.27. The maximum atomic E-state index is 12.5. The highest BCUT2D eigenvalue weighted by Gasteiger charge is 2.33. The molecular formula is C17H19F3N4O2. The van der Waals surface area contributed by atoms with Crippen LogP contribution in [0.2, 0.25) is 0 Å². The molecule has 2 N–H and O–H groups in total. The minimum Gasteiger partial charge on any atom is -0.350 e. The summed E-state index contributed by atoms with van der Waals surface area (Å²) in [7, 11) is 0. The Balaban J connectivity index is 1.83. The van der Waals surface area contributed by atoms with Crippen molar-refractivity contribution in [1.29, 1.82) is 0 Å². The average Bonchev–Trinajstić information content (AvgIpc) is 3.03. The molecule has 0 unspecified atom stereocenters. The van der Waals surface area contributed by atoms with Crippen molar-refractivity contribution in [3.05, 3.63) is 47.8 Å². The number of halogens is 3. The molecule has 0 radical (unpaired) electrons. The first-order chi connectivity index (χ1) is 12.1. The van der Waals surface area contributed by atoms with Crippen LogP contribution in [0.4, 0.5) is 18.9 Å². The Hall–Kier alpha value is -2.84. The Morgan fingerprint density at radius 1 is 1.15 bits per heavy atom. The molecule has 2 amide bonds. The van der Waals surface area contributed by atoms with Gasteiger partial charge in [0.05, 0.1) is 0 Å². The smallest absolute Gasteiger partial charge is 0.350 e. The van der Waals surface area contributed by atoms with Gasteiger partial charge in [0.1, 0.15) is 6.54 Å². The first-order valence-corrected chi connectivity index (χ1v) is 7.92. The number of hydrogen-bond acceptors (Lipinski definition) is 3. The normalized spacial score (nSPS) is 11.5. The summed E-state index contributed by atoms with van der Waals surface area (Å²) in [6, 6.07) is 7.73. The van der Waals surface area contributed by atoms with Gasteiger partial charge in [0.25, 0.3) is 0 Å². The fourth-order valence-corrected chi connectivity index (χ4v) is 2.00. The van der Waals surface area contributed by atoms with E-state index in [9.17, 15) is 22.8 Å². The van der Waals surface area contributed by atoms with Gasteiger partial charge >= 0.3 is 6.18 Å². The van der Waals surface area contributed by atoms with Crippen LogP contribution in [-0.2, 0) is 28.9 Å². The third-order valence-electron chi connectivity index (χ3n) is 3.47. The third kappa shape index (κ3) is 5.61. The lowest BCUT2D eigenvalue weighted by Gasteiger charge is -2.09. The number of carbonyl (C=O) groups is 2. The molecular weight excluding hydrogens is 349 g/mol. The molecule has 0 aliphatic rings. The standard InChI is InChI=1S/C17H19F3N4O2/c1-11(2)16(26)22-13-5-3-12(4-6-13)9-21-15(25)10-24-8-7-14(23-24)17(18,19)20/h3-8,11H,9-10H2,1-2H3,(H,21,25)(H,22,26). The van der Waals surface area contributed by atoms with E-state index >= 15 is 0 Å². The molecule has 0 saturated carbocycles. The summed E-state index contributed by atoms with van der Waals surface area (Å²) in [5.41, 5.74) is 0.400. The predicted octanol–water partition coefficient (Wildman–Crippen LogP) is 2.81. The van der Waals surface area contributed by atoms with Gasteiger partial charge in [-0.2, -0.15) is 18.3 Å². The topological polar surface area (TPSA) is 76.0 Å². The number of benzene rings is 1. The van der Waals surface area contributed by atoms with E-state index in [4.69, 9.17) is 0 Å². The molecule has 2 rings (SSSR count).